The van der Waals surface area contributed by atoms with Crippen molar-refractivity contribution in [3.63, 3.8) is 0 Å². The summed E-state index contributed by atoms with van der Waals surface area (Å²) < 4.78 is 41.1. The molecule has 0 amide bonds. The first-order valence-corrected chi connectivity index (χ1v) is 9.42. The third kappa shape index (κ3) is 7.14. The molecule has 2 aromatic carbocycles. The maximum Gasteiger partial charge on any atom is 0.387 e. The molecule has 6 nitrogen and oxygen atoms in total. The number of para-hydroxylation sites is 1. The smallest absolute Gasteiger partial charge is 0.387 e. The van der Waals surface area contributed by atoms with Gasteiger partial charge in [0.2, 0.25) is 0 Å². The van der Waals surface area contributed by atoms with E-state index in [9.17, 15) is 8.78 Å². The Morgan fingerprint density at radius 1 is 1.10 bits per heavy atom. The van der Waals surface area contributed by atoms with Gasteiger partial charge in [-0.15, -0.1) is 0 Å². The van der Waals surface area contributed by atoms with Crippen LogP contribution in [0.1, 0.15) is 25.0 Å². The molecule has 2 aromatic rings. The third-order valence-corrected chi connectivity index (χ3v) is 3.91. The number of guanidine groups is 1. The van der Waals surface area contributed by atoms with E-state index in [2.05, 4.69) is 15.6 Å². The Hall–Kier alpha value is -3.03. The summed E-state index contributed by atoms with van der Waals surface area (Å²) in [7, 11) is 1.61. The second kappa shape index (κ2) is 11.7. The number of benzene rings is 2. The van der Waals surface area contributed by atoms with Gasteiger partial charge in [-0.1, -0.05) is 24.3 Å². The fraction of sp³-hybridized carbons (Fsp3) is 0.381. The second-order valence-corrected chi connectivity index (χ2v) is 5.96. The molecule has 8 heteroatoms. The summed E-state index contributed by atoms with van der Waals surface area (Å²) in [6.45, 7) is 2.48. The van der Waals surface area contributed by atoms with E-state index in [1.165, 1.54) is 0 Å². The molecule has 2 N–H and O–H groups in total. The first-order valence-electron chi connectivity index (χ1n) is 9.42. The quantitative estimate of drug-likeness (QED) is 0.461. The van der Waals surface area contributed by atoms with E-state index in [4.69, 9.17) is 14.2 Å². The normalized spacial score (nSPS) is 11.3. The Balaban J connectivity index is 2.14. The molecule has 0 aliphatic carbocycles. The van der Waals surface area contributed by atoms with Crippen LogP contribution >= 0.6 is 0 Å². The minimum atomic E-state index is -2.94. The average Bonchev–Trinajstić information content (AvgIpc) is 2.72. The first-order chi connectivity index (χ1) is 14.1. The molecule has 0 fully saturated rings. The van der Waals surface area contributed by atoms with Crippen molar-refractivity contribution in [2.75, 3.05) is 20.3 Å². The minimum absolute atomic E-state index is 0.0282. The van der Waals surface area contributed by atoms with Gasteiger partial charge in [-0.05, 0) is 37.6 Å². The molecule has 158 valence electrons. The molecule has 0 radical (unpaired) electrons. The number of alkyl halides is 2. The van der Waals surface area contributed by atoms with E-state index < -0.39 is 6.61 Å². The van der Waals surface area contributed by atoms with Crippen LogP contribution in [0.4, 0.5) is 8.78 Å². The van der Waals surface area contributed by atoms with Crippen LogP contribution in [0, 0.1) is 0 Å². The molecule has 0 aliphatic heterocycles. The first kappa shape index (κ1) is 22.3. The van der Waals surface area contributed by atoms with Crippen molar-refractivity contribution in [3.05, 3.63) is 53.6 Å². The molecule has 0 atom stereocenters. The van der Waals surface area contributed by atoms with Gasteiger partial charge in [0.1, 0.15) is 5.75 Å². The van der Waals surface area contributed by atoms with Crippen LogP contribution in [0.5, 0.6) is 17.2 Å². The predicted octanol–water partition coefficient (Wildman–Crippen LogP) is 3.95. The summed E-state index contributed by atoms with van der Waals surface area (Å²) in [6.07, 6.45) is 0. The van der Waals surface area contributed by atoms with Crippen LogP contribution in [0.2, 0.25) is 0 Å². The van der Waals surface area contributed by atoms with Gasteiger partial charge < -0.3 is 24.8 Å². The van der Waals surface area contributed by atoms with E-state index in [0.29, 0.717) is 31.2 Å². The largest absolute Gasteiger partial charge is 0.497 e. The Bertz CT molecular complexity index is 800. The monoisotopic (exact) mass is 407 g/mol. The van der Waals surface area contributed by atoms with E-state index in [-0.39, 0.29) is 18.0 Å². The van der Waals surface area contributed by atoms with Crippen molar-refractivity contribution in [3.8, 4) is 17.2 Å². The molecule has 0 saturated heterocycles. The Kier molecular flexibility index (Phi) is 9.01. The molecule has 0 unspecified atom stereocenters. The van der Waals surface area contributed by atoms with Gasteiger partial charge in [0.15, 0.2) is 17.5 Å². The number of halogens is 2. The number of nitrogens with zero attached hydrogens (tertiary/aromatic N) is 1. The van der Waals surface area contributed by atoms with Crippen molar-refractivity contribution < 1.29 is 23.0 Å². The fourth-order valence-electron chi connectivity index (χ4n) is 2.65. The lowest BCUT2D eigenvalue weighted by molar-refractivity contribution is -0.0520. The predicted molar refractivity (Wildman–Crippen MR) is 109 cm³/mol. The zero-order chi connectivity index (χ0) is 21.1. The fourth-order valence-corrected chi connectivity index (χ4v) is 2.65. The number of nitrogens with one attached hydrogen (secondary N) is 2. The molecule has 0 spiro atoms. The number of ether oxygens (including phenoxy) is 3. The van der Waals surface area contributed by atoms with Crippen LogP contribution in [0.25, 0.3) is 0 Å². The SMILES string of the molecule is CCNC(=NCc1cccc(OC)c1)NCc1cccc(OCC)c1OC(F)F. The molecule has 0 aliphatic rings. The lowest BCUT2D eigenvalue weighted by atomic mass is 10.2. The van der Waals surface area contributed by atoms with Gasteiger partial charge in [-0.2, -0.15) is 8.78 Å². The van der Waals surface area contributed by atoms with Crippen LogP contribution < -0.4 is 24.8 Å². The Morgan fingerprint density at radius 2 is 1.90 bits per heavy atom. The summed E-state index contributed by atoms with van der Waals surface area (Å²) in [6, 6.07) is 12.7. The lowest BCUT2D eigenvalue weighted by Crippen LogP contribution is -2.36. The van der Waals surface area contributed by atoms with E-state index in [0.717, 1.165) is 11.3 Å². The highest BCUT2D eigenvalue weighted by Gasteiger charge is 2.16. The summed E-state index contributed by atoms with van der Waals surface area (Å²) >= 11 is 0. The average molecular weight is 407 g/mol. The van der Waals surface area contributed by atoms with Gasteiger partial charge in [0.05, 0.1) is 20.3 Å². The highest BCUT2D eigenvalue weighted by Crippen LogP contribution is 2.32. The van der Waals surface area contributed by atoms with E-state index >= 15 is 0 Å². The van der Waals surface area contributed by atoms with Gasteiger partial charge in [0, 0.05) is 18.7 Å². The van der Waals surface area contributed by atoms with E-state index in [1.54, 1.807) is 32.2 Å². The summed E-state index contributed by atoms with van der Waals surface area (Å²) in [5.74, 6) is 1.63. The molecule has 29 heavy (non-hydrogen) atoms. The van der Waals surface area contributed by atoms with Gasteiger partial charge in [0.25, 0.3) is 0 Å². The zero-order valence-electron chi connectivity index (χ0n) is 16.9. The summed E-state index contributed by atoms with van der Waals surface area (Å²) in [5, 5.41) is 6.29. The maximum absolute atomic E-state index is 12.9. The van der Waals surface area contributed by atoms with Crippen molar-refractivity contribution in [2.24, 2.45) is 4.99 Å². The highest BCUT2D eigenvalue weighted by molar-refractivity contribution is 5.79. The van der Waals surface area contributed by atoms with Gasteiger partial charge >= 0.3 is 6.61 Å². The molecule has 0 saturated carbocycles. The number of hydrogen-bond donors (Lipinski definition) is 2. The summed E-state index contributed by atoms with van der Waals surface area (Å²) in [4.78, 5) is 4.54. The minimum Gasteiger partial charge on any atom is -0.497 e. The number of aliphatic imine (C=N–C) groups is 1. The van der Waals surface area contributed by atoms with Crippen LogP contribution in [-0.2, 0) is 13.1 Å². The van der Waals surface area contributed by atoms with E-state index in [1.807, 2.05) is 31.2 Å². The second-order valence-electron chi connectivity index (χ2n) is 5.96. The molecule has 0 bridgehead atoms. The third-order valence-electron chi connectivity index (χ3n) is 3.91. The molecular formula is C21H27F2N3O3. The molecule has 2 rings (SSSR count). The zero-order valence-corrected chi connectivity index (χ0v) is 16.9. The topological polar surface area (TPSA) is 64.1 Å². The molecule has 0 aromatic heterocycles. The molecule has 0 heterocycles. The Labute approximate surface area is 169 Å². The van der Waals surface area contributed by atoms with Gasteiger partial charge in [-0.3, -0.25) is 0 Å². The van der Waals surface area contributed by atoms with Crippen molar-refractivity contribution in [2.45, 2.75) is 33.5 Å². The number of hydrogen-bond acceptors (Lipinski definition) is 4. The van der Waals surface area contributed by atoms with Crippen molar-refractivity contribution in [1.29, 1.82) is 0 Å². The maximum atomic E-state index is 12.9. The van der Waals surface area contributed by atoms with Crippen molar-refractivity contribution in [1.82, 2.24) is 10.6 Å². The highest BCUT2D eigenvalue weighted by atomic mass is 19.3. The Morgan fingerprint density at radius 3 is 2.59 bits per heavy atom. The summed E-state index contributed by atoms with van der Waals surface area (Å²) in [5.41, 5.74) is 1.53. The number of rotatable bonds is 10. The van der Waals surface area contributed by atoms with Crippen LogP contribution in [0.15, 0.2) is 47.5 Å². The molecular weight excluding hydrogens is 380 g/mol. The number of methoxy groups -OCH3 is 1. The standard InChI is InChI=1S/C21H27F2N3O3/c1-4-24-21(25-13-15-8-6-10-17(12-15)27-3)26-14-16-9-7-11-18(28-5-2)19(16)29-20(22)23/h6-12,20H,4-5,13-14H2,1-3H3,(H2,24,25,26). The van der Waals surface area contributed by atoms with Crippen LogP contribution in [0.3, 0.4) is 0 Å². The van der Waals surface area contributed by atoms with Crippen molar-refractivity contribution >= 4 is 5.96 Å². The lowest BCUT2D eigenvalue weighted by Gasteiger charge is -2.17. The van der Waals surface area contributed by atoms with Gasteiger partial charge in [-0.25, -0.2) is 4.99 Å². The van der Waals surface area contributed by atoms with Crippen LogP contribution in [-0.4, -0.2) is 32.8 Å².